The minimum Gasteiger partial charge on any atom is -0.351 e. The molecule has 0 radical (unpaired) electrons. The van der Waals surface area contributed by atoms with E-state index in [0.717, 1.165) is 36.4 Å². The van der Waals surface area contributed by atoms with Crippen LogP contribution in [0.1, 0.15) is 36.8 Å². The molecule has 1 saturated carbocycles. The third-order valence-electron chi connectivity index (χ3n) is 5.38. The van der Waals surface area contributed by atoms with Gasteiger partial charge in [-0.3, -0.25) is 0 Å². The van der Waals surface area contributed by atoms with Crippen molar-refractivity contribution in [3.8, 4) is 0 Å². The summed E-state index contributed by atoms with van der Waals surface area (Å²) in [5, 5.41) is 3.66. The van der Waals surface area contributed by atoms with E-state index in [9.17, 15) is 0 Å². The molecule has 3 aromatic rings. The van der Waals surface area contributed by atoms with Gasteiger partial charge in [0.25, 0.3) is 0 Å². The number of nitrogens with two attached hydrogens (primary N) is 1. The van der Waals surface area contributed by atoms with E-state index in [1.165, 1.54) is 24.0 Å². The van der Waals surface area contributed by atoms with Crippen LogP contribution < -0.4 is 11.1 Å². The van der Waals surface area contributed by atoms with Crippen LogP contribution in [0.3, 0.4) is 0 Å². The first-order valence-corrected chi connectivity index (χ1v) is 9.24. The van der Waals surface area contributed by atoms with Gasteiger partial charge in [0.15, 0.2) is 0 Å². The number of hydrogen-bond donors (Lipinski definition) is 2. The fraction of sp³-hybridized carbons (Fsp3) is 0.381. The van der Waals surface area contributed by atoms with E-state index in [1.807, 2.05) is 6.07 Å². The molecule has 1 aliphatic carbocycles. The molecule has 2 atom stereocenters. The first-order chi connectivity index (χ1) is 12.2. The highest BCUT2D eigenvalue weighted by Crippen LogP contribution is 2.25. The molecule has 0 unspecified atom stereocenters. The number of anilines is 1. The monoisotopic (exact) mass is 334 g/mol. The molecule has 4 rings (SSSR count). The van der Waals surface area contributed by atoms with Gasteiger partial charge >= 0.3 is 0 Å². The second-order valence-corrected chi connectivity index (χ2v) is 7.14. The summed E-state index contributed by atoms with van der Waals surface area (Å²) < 4.78 is 2.29. The van der Waals surface area contributed by atoms with E-state index in [-0.39, 0.29) is 6.04 Å². The van der Waals surface area contributed by atoms with E-state index in [0.29, 0.717) is 6.04 Å². The molecule has 2 aromatic carbocycles. The Hall–Kier alpha value is -2.33. The Kier molecular flexibility index (Phi) is 4.45. The minimum absolute atomic E-state index is 0.209. The number of rotatable bonds is 4. The molecule has 0 saturated heterocycles. The number of nitrogens with zero attached hydrogens (tertiary/aromatic N) is 2. The van der Waals surface area contributed by atoms with E-state index in [1.54, 1.807) is 0 Å². The predicted octanol–water partition coefficient (Wildman–Crippen LogP) is 4.07. The van der Waals surface area contributed by atoms with Crippen molar-refractivity contribution in [2.75, 3.05) is 5.32 Å². The van der Waals surface area contributed by atoms with Crippen molar-refractivity contribution < 1.29 is 0 Å². The van der Waals surface area contributed by atoms with Crippen molar-refractivity contribution in [3.63, 3.8) is 0 Å². The van der Waals surface area contributed by atoms with Gasteiger partial charge in [0.1, 0.15) is 0 Å². The van der Waals surface area contributed by atoms with Gasteiger partial charge in [-0.25, -0.2) is 4.98 Å². The van der Waals surface area contributed by atoms with E-state index < -0.39 is 0 Å². The van der Waals surface area contributed by atoms with Crippen LogP contribution >= 0.6 is 0 Å². The summed E-state index contributed by atoms with van der Waals surface area (Å²) >= 11 is 0. The summed E-state index contributed by atoms with van der Waals surface area (Å²) in [6, 6.07) is 17.4. The van der Waals surface area contributed by atoms with E-state index >= 15 is 0 Å². The lowest BCUT2D eigenvalue weighted by Crippen LogP contribution is -2.43. The largest absolute Gasteiger partial charge is 0.351 e. The number of nitrogens with one attached hydrogen (secondary N) is 1. The zero-order valence-electron chi connectivity index (χ0n) is 14.8. The molecule has 3 N–H and O–H groups in total. The minimum atomic E-state index is 0.209. The highest BCUT2D eigenvalue weighted by atomic mass is 15.2. The fourth-order valence-corrected chi connectivity index (χ4v) is 3.81. The number of hydrogen-bond acceptors (Lipinski definition) is 3. The van der Waals surface area contributed by atoms with Crippen LogP contribution in [0.5, 0.6) is 0 Å². The molecule has 1 aromatic heterocycles. The van der Waals surface area contributed by atoms with Gasteiger partial charge in [-0.15, -0.1) is 0 Å². The Labute approximate surface area is 149 Å². The van der Waals surface area contributed by atoms with Gasteiger partial charge in [0.05, 0.1) is 17.6 Å². The van der Waals surface area contributed by atoms with Crippen LogP contribution in [-0.4, -0.2) is 21.6 Å². The van der Waals surface area contributed by atoms with Crippen molar-refractivity contribution in [1.29, 1.82) is 0 Å². The van der Waals surface area contributed by atoms with Gasteiger partial charge in [-0.1, -0.05) is 49.2 Å². The van der Waals surface area contributed by atoms with Gasteiger partial charge in [0.2, 0.25) is 5.95 Å². The average molecular weight is 334 g/mol. The average Bonchev–Trinajstić information content (AvgIpc) is 2.96. The SMILES string of the molecule is Cc1ccccc1Cn1c(N[C@H]2CCCC[C@@H]2N)nc2ccccc21. The number of para-hydroxylation sites is 2. The zero-order chi connectivity index (χ0) is 17.2. The van der Waals surface area contributed by atoms with Crippen molar-refractivity contribution in [2.45, 2.75) is 51.2 Å². The van der Waals surface area contributed by atoms with Crippen molar-refractivity contribution >= 4 is 17.0 Å². The van der Waals surface area contributed by atoms with Crippen LogP contribution in [0.15, 0.2) is 48.5 Å². The Morgan fingerprint density at radius 2 is 1.84 bits per heavy atom. The van der Waals surface area contributed by atoms with Crippen LogP contribution in [0, 0.1) is 6.92 Å². The standard InChI is InChI=1S/C21H26N4/c1-15-8-2-3-9-16(15)14-25-20-13-7-6-12-19(20)24-21(25)23-18-11-5-4-10-17(18)22/h2-3,6-9,12-13,17-18H,4-5,10-11,14,22H2,1H3,(H,23,24)/t17-,18-/m0/s1. The zero-order valence-corrected chi connectivity index (χ0v) is 14.8. The Balaban J connectivity index is 1.72. The molecule has 0 amide bonds. The first-order valence-electron chi connectivity index (χ1n) is 9.24. The lowest BCUT2D eigenvalue weighted by Gasteiger charge is -2.30. The molecule has 0 aliphatic heterocycles. The summed E-state index contributed by atoms with van der Waals surface area (Å²) in [4.78, 5) is 4.86. The van der Waals surface area contributed by atoms with Gasteiger partial charge in [-0.05, 0) is 43.0 Å². The Bertz CT molecular complexity index is 867. The summed E-state index contributed by atoms with van der Waals surface area (Å²) in [5.41, 5.74) is 11.2. The first kappa shape index (κ1) is 16.2. The number of aryl methyl sites for hydroxylation is 1. The molecule has 4 heteroatoms. The molecule has 1 heterocycles. The molecule has 130 valence electrons. The smallest absolute Gasteiger partial charge is 0.204 e. The predicted molar refractivity (Wildman–Crippen MR) is 104 cm³/mol. The molecule has 25 heavy (non-hydrogen) atoms. The highest BCUT2D eigenvalue weighted by molar-refractivity contribution is 5.78. The van der Waals surface area contributed by atoms with Gasteiger partial charge in [-0.2, -0.15) is 0 Å². The summed E-state index contributed by atoms with van der Waals surface area (Å²) in [6.45, 7) is 2.98. The van der Waals surface area contributed by atoms with Crippen molar-refractivity contribution in [1.82, 2.24) is 9.55 Å². The van der Waals surface area contributed by atoms with Crippen molar-refractivity contribution in [2.24, 2.45) is 5.73 Å². The maximum Gasteiger partial charge on any atom is 0.204 e. The molecule has 0 spiro atoms. The third kappa shape index (κ3) is 3.27. The van der Waals surface area contributed by atoms with E-state index in [4.69, 9.17) is 10.7 Å². The van der Waals surface area contributed by atoms with E-state index in [2.05, 4.69) is 59.3 Å². The van der Waals surface area contributed by atoms with Gasteiger partial charge in [0, 0.05) is 12.1 Å². The van der Waals surface area contributed by atoms with Crippen LogP contribution in [0.4, 0.5) is 5.95 Å². The molecular weight excluding hydrogens is 308 g/mol. The Morgan fingerprint density at radius 3 is 2.68 bits per heavy atom. The fourth-order valence-electron chi connectivity index (χ4n) is 3.81. The number of aromatic nitrogens is 2. The lowest BCUT2D eigenvalue weighted by molar-refractivity contribution is 0.401. The summed E-state index contributed by atoms with van der Waals surface area (Å²) in [6.07, 6.45) is 4.69. The maximum absolute atomic E-state index is 6.35. The second kappa shape index (κ2) is 6.89. The topological polar surface area (TPSA) is 55.9 Å². The molecule has 1 aliphatic rings. The second-order valence-electron chi connectivity index (χ2n) is 7.14. The molecule has 0 bridgehead atoms. The number of fused-ring (bicyclic) bond motifs is 1. The molecule has 4 nitrogen and oxygen atoms in total. The quantitative estimate of drug-likeness (QED) is 0.756. The van der Waals surface area contributed by atoms with Crippen LogP contribution in [-0.2, 0) is 6.54 Å². The van der Waals surface area contributed by atoms with Gasteiger partial charge < -0.3 is 15.6 Å². The number of imidazole rings is 1. The molecule has 1 fully saturated rings. The number of benzene rings is 2. The maximum atomic E-state index is 6.35. The normalized spacial score (nSPS) is 20.7. The van der Waals surface area contributed by atoms with Crippen LogP contribution in [0.25, 0.3) is 11.0 Å². The lowest BCUT2D eigenvalue weighted by atomic mass is 9.91. The highest BCUT2D eigenvalue weighted by Gasteiger charge is 2.23. The van der Waals surface area contributed by atoms with Crippen molar-refractivity contribution in [3.05, 3.63) is 59.7 Å². The third-order valence-corrected chi connectivity index (χ3v) is 5.38. The van der Waals surface area contributed by atoms with Crippen LogP contribution in [0.2, 0.25) is 0 Å². The molecular formula is C21H26N4. The summed E-state index contributed by atoms with van der Waals surface area (Å²) in [5.74, 6) is 0.937. The summed E-state index contributed by atoms with van der Waals surface area (Å²) in [7, 11) is 0. The Morgan fingerprint density at radius 1 is 1.08 bits per heavy atom.